The van der Waals surface area contributed by atoms with E-state index in [0.29, 0.717) is 43.1 Å². The van der Waals surface area contributed by atoms with E-state index < -0.39 is 10.0 Å². The van der Waals surface area contributed by atoms with E-state index in [2.05, 4.69) is 10.5 Å². The van der Waals surface area contributed by atoms with E-state index >= 15 is 0 Å². The molecular formula is C19H25N3O5S. The van der Waals surface area contributed by atoms with Crippen LogP contribution in [-0.4, -0.2) is 49.5 Å². The van der Waals surface area contributed by atoms with Crippen LogP contribution in [0.15, 0.2) is 33.7 Å². The second-order valence-corrected chi connectivity index (χ2v) is 8.88. The monoisotopic (exact) mass is 407 g/mol. The Balaban J connectivity index is 1.50. The van der Waals surface area contributed by atoms with Crippen molar-refractivity contribution < 1.29 is 22.5 Å². The van der Waals surface area contributed by atoms with Gasteiger partial charge in [-0.05, 0) is 45.7 Å². The maximum absolute atomic E-state index is 12.8. The van der Waals surface area contributed by atoms with Crippen LogP contribution in [0.4, 0.5) is 0 Å². The molecule has 0 saturated carbocycles. The van der Waals surface area contributed by atoms with Crippen molar-refractivity contribution in [2.75, 3.05) is 19.7 Å². The van der Waals surface area contributed by atoms with Gasteiger partial charge in [0.25, 0.3) is 5.91 Å². The number of nitrogens with zero attached hydrogens (tertiary/aromatic N) is 2. The average Bonchev–Trinajstić information content (AvgIpc) is 3.01. The third-order valence-electron chi connectivity index (χ3n) is 4.78. The molecule has 1 aliphatic heterocycles. The Morgan fingerprint density at radius 3 is 2.43 bits per heavy atom. The van der Waals surface area contributed by atoms with E-state index in [-0.39, 0.29) is 23.5 Å². The molecule has 1 fully saturated rings. The molecule has 1 aromatic carbocycles. The molecule has 3 rings (SSSR count). The minimum atomic E-state index is -3.64. The Morgan fingerprint density at radius 2 is 1.86 bits per heavy atom. The first kappa shape index (κ1) is 20.3. The molecule has 0 radical (unpaired) electrons. The molecule has 9 heteroatoms. The highest BCUT2D eigenvalue weighted by atomic mass is 32.2. The van der Waals surface area contributed by atoms with Crippen LogP contribution in [0.5, 0.6) is 5.75 Å². The van der Waals surface area contributed by atoms with Crippen molar-refractivity contribution in [3.8, 4) is 5.75 Å². The van der Waals surface area contributed by atoms with Crippen molar-refractivity contribution in [1.82, 2.24) is 14.8 Å². The Kier molecular flexibility index (Phi) is 6.04. The lowest BCUT2D eigenvalue weighted by Crippen LogP contribution is -2.47. The Hall–Kier alpha value is -2.39. The van der Waals surface area contributed by atoms with Crippen LogP contribution in [-0.2, 0) is 14.8 Å². The Morgan fingerprint density at radius 1 is 1.21 bits per heavy atom. The molecule has 28 heavy (non-hydrogen) atoms. The van der Waals surface area contributed by atoms with E-state index in [4.69, 9.17) is 9.26 Å². The summed E-state index contributed by atoms with van der Waals surface area (Å²) in [6.07, 6.45) is 1.08. The second-order valence-electron chi connectivity index (χ2n) is 7.00. The molecule has 1 N–H and O–H groups in total. The molecule has 0 spiro atoms. The van der Waals surface area contributed by atoms with Crippen molar-refractivity contribution in [1.29, 1.82) is 0 Å². The predicted molar refractivity (Wildman–Crippen MR) is 103 cm³/mol. The van der Waals surface area contributed by atoms with Gasteiger partial charge in [-0.2, -0.15) is 4.31 Å². The highest BCUT2D eigenvalue weighted by Crippen LogP contribution is 2.25. The zero-order valence-corrected chi connectivity index (χ0v) is 17.1. The smallest absolute Gasteiger partial charge is 0.258 e. The van der Waals surface area contributed by atoms with E-state index in [0.717, 1.165) is 5.56 Å². The first-order valence-corrected chi connectivity index (χ1v) is 10.6. The van der Waals surface area contributed by atoms with Gasteiger partial charge in [-0.15, -0.1) is 0 Å². The molecule has 2 aromatic rings. The van der Waals surface area contributed by atoms with Crippen molar-refractivity contribution >= 4 is 15.9 Å². The highest BCUT2D eigenvalue weighted by Gasteiger charge is 2.34. The molecule has 1 amide bonds. The van der Waals surface area contributed by atoms with Gasteiger partial charge in [-0.3, -0.25) is 4.79 Å². The van der Waals surface area contributed by atoms with Crippen molar-refractivity contribution in [2.24, 2.45) is 0 Å². The standard InChI is InChI=1S/C19H25N3O5S/c1-13-4-6-17(7-5-13)26-12-18(23)20-16-8-10-22(11-9-16)28(24,25)19-14(2)21-27-15(19)3/h4-7,16H,8-12H2,1-3H3,(H,20,23). The van der Waals surface area contributed by atoms with Gasteiger partial charge in [0.1, 0.15) is 16.3 Å². The number of carbonyl (C=O) groups is 1. The van der Waals surface area contributed by atoms with Gasteiger partial charge < -0.3 is 14.6 Å². The fraction of sp³-hybridized carbons (Fsp3) is 0.474. The van der Waals surface area contributed by atoms with Crippen LogP contribution in [0.3, 0.4) is 0 Å². The van der Waals surface area contributed by atoms with Gasteiger partial charge in [0, 0.05) is 19.1 Å². The number of aromatic nitrogens is 1. The van der Waals surface area contributed by atoms with Gasteiger partial charge in [0.2, 0.25) is 10.0 Å². The van der Waals surface area contributed by atoms with Crippen LogP contribution in [0.25, 0.3) is 0 Å². The normalized spacial score (nSPS) is 16.1. The zero-order chi connectivity index (χ0) is 20.3. The summed E-state index contributed by atoms with van der Waals surface area (Å²) < 4.78 is 37.5. The number of benzene rings is 1. The van der Waals surface area contributed by atoms with Crippen LogP contribution in [0.2, 0.25) is 0 Å². The van der Waals surface area contributed by atoms with Crippen LogP contribution >= 0.6 is 0 Å². The zero-order valence-electron chi connectivity index (χ0n) is 16.3. The predicted octanol–water partition coefficient (Wildman–Crippen LogP) is 1.95. The summed E-state index contributed by atoms with van der Waals surface area (Å²) in [5.41, 5.74) is 1.48. The number of carbonyl (C=O) groups excluding carboxylic acids is 1. The van der Waals surface area contributed by atoms with Gasteiger partial charge in [0.05, 0.1) is 0 Å². The summed E-state index contributed by atoms with van der Waals surface area (Å²) in [4.78, 5) is 12.3. The fourth-order valence-corrected chi connectivity index (χ4v) is 5.03. The van der Waals surface area contributed by atoms with Crippen LogP contribution < -0.4 is 10.1 Å². The molecule has 1 saturated heterocycles. The molecule has 0 bridgehead atoms. The largest absolute Gasteiger partial charge is 0.484 e. The first-order valence-electron chi connectivity index (χ1n) is 9.19. The molecule has 152 valence electrons. The maximum Gasteiger partial charge on any atom is 0.258 e. The fourth-order valence-electron chi connectivity index (χ4n) is 3.27. The molecule has 1 aliphatic rings. The molecule has 1 aromatic heterocycles. The number of aryl methyl sites for hydroxylation is 3. The summed E-state index contributed by atoms with van der Waals surface area (Å²) in [5.74, 6) is 0.718. The van der Waals surface area contributed by atoms with E-state index in [1.54, 1.807) is 13.8 Å². The molecule has 2 heterocycles. The molecule has 0 atom stereocenters. The third kappa shape index (κ3) is 4.53. The Labute approximate surface area is 164 Å². The lowest BCUT2D eigenvalue weighted by Gasteiger charge is -2.31. The Bertz CT molecular complexity index is 909. The highest BCUT2D eigenvalue weighted by molar-refractivity contribution is 7.89. The number of hydrogen-bond donors (Lipinski definition) is 1. The van der Waals surface area contributed by atoms with Gasteiger partial charge >= 0.3 is 0 Å². The van der Waals surface area contributed by atoms with Crippen molar-refractivity contribution in [3.63, 3.8) is 0 Å². The SMILES string of the molecule is Cc1ccc(OCC(=O)NC2CCN(S(=O)(=O)c3c(C)noc3C)CC2)cc1. The number of rotatable bonds is 6. The van der Waals surface area contributed by atoms with Crippen LogP contribution in [0, 0.1) is 20.8 Å². The van der Waals surface area contributed by atoms with Gasteiger partial charge in [0.15, 0.2) is 12.4 Å². The first-order chi connectivity index (χ1) is 13.3. The summed E-state index contributed by atoms with van der Waals surface area (Å²) in [5, 5.41) is 6.64. The molecule has 8 nitrogen and oxygen atoms in total. The number of amides is 1. The van der Waals surface area contributed by atoms with E-state index in [1.165, 1.54) is 4.31 Å². The lowest BCUT2D eigenvalue weighted by molar-refractivity contribution is -0.124. The van der Waals surface area contributed by atoms with Crippen LogP contribution in [0.1, 0.15) is 29.9 Å². The van der Waals surface area contributed by atoms with Gasteiger partial charge in [-0.1, -0.05) is 22.9 Å². The number of sulfonamides is 1. The summed E-state index contributed by atoms with van der Waals surface area (Å²) >= 11 is 0. The maximum atomic E-state index is 12.8. The summed E-state index contributed by atoms with van der Waals surface area (Å²) in [6, 6.07) is 7.40. The van der Waals surface area contributed by atoms with Crippen molar-refractivity contribution in [3.05, 3.63) is 41.3 Å². The number of hydrogen-bond acceptors (Lipinski definition) is 6. The number of piperidine rings is 1. The average molecular weight is 407 g/mol. The number of ether oxygens (including phenoxy) is 1. The topological polar surface area (TPSA) is 102 Å². The van der Waals surface area contributed by atoms with Gasteiger partial charge in [-0.25, -0.2) is 8.42 Å². The minimum absolute atomic E-state index is 0.0688. The summed E-state index contributed by atoms with van der Waals surface area (Å²) in [6.45, 7) is 5.78. The van der Waals surface area contributed by atoms with E-state index in [1.807, 2.05) is 31.2 Å². The van der Waals surface area contributed by atoms with Crippen molar-refractivity contribution in [2.45, 2.75) is 44.6 Å². The number of nitrogens with one attached hydrogen (secondary N) is 1. The molecule has 0 aliphatic carbocycles. The molecular weight excluding hydrogens is 382 g/mol. The third-order valence-corrected chi connectivity index (χ3v) is 6.92. The van der Waals surface area contributed by atoms with E-state index in [9.17, 15) is 13.2 Å². The second kappa shape index (κ2) is 8.32. The minimum Gasteiger partial charge on any atom is -0.484 e. The molecule has 0 unspecified atom stereocenters. The quantitative estimate of drug-likeness (QED) is 0.785. The summed E-state index contributed by atoms with van der Waals surface area (Å²) in [7, 11) is -3.64. The lowest BCUT2D eigenvalue weighted by atomic mass is 10.1.